The summed E-state index contributed by atoms with van der Waals surface area (Å²) in [5, 5.41) is 0.439. The predicted molar refractivity (Wildman–Crippen MR) is 174 cm³/mol. The molecule has 0 spiro atoms. The van der Waals surface area contributed by atoms with Crippen LogP contribution >= 0.6 is 11.8 Å². The van der Waals surface area contributed by atoms with Crippen LogP contribution in [-0.2, 0) is 11.3 Å². The fraction of sp³-hybridized carbons (Fsp3) is 0.389. The molecule has 5 nitrogen and oxygen atoms in total. The molecule has 0 bridgehead atoms. The Kier molecular flexibility index (Phi) is 8.43. The number of fused-ring (bicyclic) bond motifs is 1. The van der Waals surface area contributed by atoms with Gasteiger partial charge in [-0.3, -0.25) is 9.59 Å². The molecule has 6 heteroatoms. The molecule has 1 saturated carbocycles. The van der Waals surface area contributed by atoms with Crippen molar-refractivity contribution in [3.05, 3.63) is 106 Å². The Hall–Kier alpha value is -3.51. The number of thioether (sulfide) groups is 1. The molecule has 218 valence electrons. The highest BCUT2D eigenvalue weighted by Gasteiger charge is 2.40. The average Bonchev–Trinajstić information content (AvgIpc) is 2.99. The highest BCUT2D eigenvalue weighted by molar-refractivity contribution is 8.04. The lowest BCUT2D eigenvalue weighted by Gasteiger charge is -2.44. The molecule has 0 N–H and O–H groups in total. The molecule has 2 saturated heterocycles. The van der Waals surface area contributed by atoms with Gasteiger partial charge in [0, 0.05) is 54.8 Å². The summed E-state index contributed by atoms with van der Waals surface area (Å²) in [6.45, 7) is 9.28. The van der Waals surface area contributed by atoms with E-state index in [0.717, 1.165) is 29.9 Å². The Bertz CT molecular complexity index is 1480. The van der Waals surface area contributed by atoms with Crippen LogP contribution in [0.1, 0.15) is 65.2 Å². The first-order chi connectivity index (χ1) is 20.4. The van der Waals surface area contributed by atoms with Gasteiger partial charge in [0.05, 0.1) is 4.91 Å². The van der Waals surface area contributed by atoms with Crippen molar-refractivity contribution in [2.24, 2.45) is 0 Å². The summed E-state index contributed by atoms with van der Waals surface area (Å²) in [6.07, 6.45) is 6.67. The minimum atomic E-state index is 0.0717. The number of nitrogens with zero attached hydrogens (tertiary/aromatic N) is 3. The van der Waals surface area contributed by atoms with E-state index in [1.165, 1.54) is 35.2 Å². The van der Waals surface area contributed by atoms with E-state index in [0.29, 0.717) is 36.5 Å². The number of hydrogen-bond acceptors (Lipinski definition) is 4. The maximum absolute atomic E-state index is 13.8. The Morgan fingerprint density at radius 1 is 0.929 bits per heavy atom. The largest absolute Gasteiger partial charge is 0.365 e. The van der Waals surface area contributed by atoms with Crippen LogP contribution in [0, 0.1) is 13.8 Å². The SMILES string of the molecule is Cc1cccc(CN2C(=O)/C(=C\c3ccc(C(=O)N4CCN(c5cccc(C)c5)C(C)C4)cc3)SC3CCCCC32)c1. The number of anilines is 1. The first-order valence-corrected chi connectivity index (χ1v) is 16.2. The molecule has 3 aliphatic rings. The maximum Gasteiger partial charge on any atom is 0.260 e. The smallest absolute Gasteiger partial charge is 0.260 e. The molecule has 2 aliphatic heterocycles. The fourth-order valence-corrected chi connectivity index (χ4v) is 8.23. The van der Waals surface area contributed by atoms with Crippen molar-refractivity contribution >= 4 is 35.3 Å². The van der Waals surface area contributed by atoms with E-state index in [2.05, 4.69) is 79.1 Å². The molecule has 3 fully saturated rings. The minimum absolute atomic E-state index is 0.0717. The van der Waals surface area contributed by atoms with Crippen molar-refractivity contribution in [1.82, 2.24) is 9.80 Å². The lowest BCUT2D eigenvalue weighted by molar-refractivity contribution is -0.130. The third kappa shape index (κ3) is 6.14. The molecular weight excluding hydrogens is 538 g/mol. The molecule has 0 aromatic heterocycles. The molecule has 1 aliphatic carbocycles. The van der Waals surface area contributed by atoms with Crippen LogP contribution in [0.3, 0.4) is 0 Å². The van der Waals surface area contributed by atoms with E-state index in [1.807, 2.05) is 35.2 Å². The first kappa shape index (κ1) is 28.6. The normalized spacial score (nSPS) is 23.7. The zero-order chi connectivity index (χ0) is 29.2. The number of carbonyl (C=O) groups is 2. The fourth-order valence-electron chi connectivity index (χ4n) is 6.76. The quantitative estimate of drug-likeness (QED) is 0.303. The van der Waals surface area contributed by atoms with Gasteiger partial charge < -0.3 is 14.7 Å². The zero-order valence-corrected chi connectivity index (χ0v) is 25.8. The van der Waals surface area contributed by atoms with Crippen LogP contribution in [0.5, 0.6) is 0 Å². The van der Waals surface area contributed by atoms with Gasteiger partial charge in [-0.15, -0.1) is 11.8 Å². The van der Waals surface area contributed by atoms with Crippen molar-refractivity contribution in [1.29, 1.82) is 0 Å². The lowest BCUT2D eigenvalue weighted by atomic mass is 9.92. The van der Waals surface area contributed by atoms with E-state index < -0.39 is 0 Å². The summed E-state index contributed by atoms with van der Waals surface area (Å²) in [5.74, 6) is 0.202. The molecule has 42 heavy (non-hydrogen) atoms. The molecule has 0 radical (unpaired) electrons. The minimum Gasteiger partial charge on any atom is -0.365 e. The first-order valence-electron chi connectivity index (χ1n) is 15.3. The Balaban J connectivity index is 1.15. The standard InChI is InChI=1S/C36H41N3O2S/c1-25-8-6-10-29(20-25)24-39-32-12-4-5-13-33(32)42-34(36(39)41)22-28-14-16-30(17-15-28)35(40)37-18-19-38(27(3)23-37)31-11-7-9-26(2)21-31/h6-11,14-17,20-22,27,32-33H,4-5,12-13,18-19,23-24H2,1-3H3/b34-22+. The van der Waals surface area contributed by atoms with E-state index in [9.17, 15) is 9.59 Å². The summed E-state index contributed by atoms with van der Waals surface area (Å²) in [4.78, 5) is 34.5. The van der Waals surface area contributed by atoms with E-state index in [-0.39, 0.29) is 17.9 Å². The van der Waals surface area contributed by atoms with Crippen molar-refractivity contribution < 1.29 is 9.59 Å². The number of rotatable bonds is 5. The van der Waals surface area contributed by atoms with Crippen molar-refractivity contribution in [3.8, 4) is 0 Å². The summed E-state index contributed by atoms with van der Waals surface area (Å²) < 4.78 is 0. The number of hydrogen-bond donors (Lipinski definition) is 0. The predicted octanol–water partition coefficient (Wildman–Crippen LogP) is 7.08. The van der Waals surface area contributed by atoms with Crippen molar-refractivity contribution in [2.75, 3.05) is 24.5 Å². The monoisotopic (exact) mass is 579 g/mol. The van der Waals surface area contributed by atoms with Gasteiger partial charge >= 0.3 is 0 Å². The van der Waals surface area contributed by atoms with Crippen molar-refractivity contribution in [2.45, 2.75) is 70.3 Å². The molecule has 2 heterocycles. The molecule has 2 amide bonds. The molecule has 3 atom stereocenters. The second-order valence-electron chi connectivity index (χ2n) is 12.2. The molecule has 3 unspecified atom stereocenters. The second-order valence-corrected chi connectivity index (χ2v) is 13.5. The number of amides is 2. The van der Waals surface area contributed by atoms with Crippen LogP contribution in [0.25, 0.3) is 6.08 Å². The Labute approximate surface area is 254 Å². The second kappa shape index (κ2) is 12.4. The van der Waals surface area contributed by atoms with Crippen LogP contribution in [0.2, 0.25) is 0 Å². The van der Waals surface area contributed by atoms with Crippen LogP contribution in [-0.4, -0.2) is 58.6 Å². The van der Waals surface area contributed by atoms with Crippen molar-refractivity contribution in [3.63, 3.8) is 0 Å². The van der Waals surface area contributed by atoms with Gasteiger partial charge in [-0.25, -0.2) is 0 Å². The highest BCUT2D eigenvalue weighted by atomic mass is 32.2. The third-order valence-electron chi connectivity index (χ3n) is 8.96. The highest BCUT2D eigenvalue weighted by Crippen LogP contribution is 2.42. The number of carbonyl (C=O) groups excluding carboxylic acids is 2. The van der Waals surface area contributed by atoms with Crippen LogP contribution in [0.4, 0.5) is 5.69 Å². The summed E-state index contributed by atoms with van der Waals surface area (Å²) >= 11 is 1.76. The molecule has 3 aromatic carbocycles. The average molecular weight is 580 g/mol. The lowest BCUT2D eigenvalue weighted by Crippen LogP contribution is -2.53. The van der Waals surface area contributed by atoms with E-state index in [4.69, 9.17) is 0 Å². The van der Waals surface area contributed by atoms with Gasteiger partial charge in [0.2, 0.25) is 0 Å². The molecule has 3 aromatic rings. The van der Waals surface area contributed by atoms with Gasteiger partial charge in [-0.2, -0.15) is 0 Å². The van der Waals surface area contributed by atoms with Gasteiger partial charge in [0.25, 0.3) is 11.8 Å². The summed E-state index contributed by atoms with van der Waals surface area (Å²) in [7, 11) is 0. The maximum atomic E-state index is 13.8. The zero-order valence-electron chi connectivity index (χ0n) is 25.0. The topological polar surface area (TPSA) is 43.9 Å². The molecule has 6 rings (SSSR count). The third-order valence-corrected chi connectivity index (χ3v) is 10.4. The van der Waals surface area contributed by atoms with Gasteiger partial charge in [-0.1, -0.05) is 66.9 Å². The molecular formula is C36H41N3O2S. The van der Waals surface area contributed by atoms with Crippen LogP contribution in [0.15, 0.2) is 77.7 Å². The summed E-state index contributed by atoms with van der Waals surface area (Å²) in [6, 6.07) is 25.4. The number of aryl methyl sites for hydroxylation is 2. The van der Waals surface area contributed by atoms with E-state index in [1.54, 1.807) is 11.8 Å². The Morgan fingerprint density at radius 2 is 1.67 bits per heavy atom. The number of benzene rings is 3. The Morgan fingerprint density at radius 3 is 2.40 bits per heavy atom. The van der Waals surface area contributed by atoms with Gasteiger partial charge in [0.15, 0.2) is 0 Å². The summed E-state index contributed by atoms with van der Waals surface area (Å²) in [5.41, 5.74) is 6.54. The van der Waals surface area contributed by atoms with Crippen LogP contribution < -0.4 is 4.90 Å². The van der Waals surface area contributed by atoms with Gasteiger partial charge in [-0.05, 0) is 80.6 Å². The van der Waals surface area contributed by atoms with Gasteiger partial charge in [0.1, 0.15) is 0 Å². The van der Waals surface area contributed by atoms with E-state index >= 15 is 0 Å². The number of piperazine rings is 1.